The zero-order chi connectivity index (χ0) is 22.2. The number of sulfonamides is 1. The third kappa shape index (κ3) is 4.28. The molecule has 0 bridgehead atoms. The van der Waals surface area contributed by atoms with E-state index in [4.69, 9.17) is 9.72 Å². The fourth-order valence-corrected chi connectivity index (χ4v) is 5.56. The van der Waals surface area contributed by atoms with Crippen molar-refractivity contribution in [1.29, 1.82) is 0 Å². The van der Waals surface area contributed by atoms with Gasteiger partial charge in [-0.25, -0.2) is 8.42 Å². The van der Waals surface area contributed by atoms with Gasteiger partial charge in [0.2, 0.25) is 10.0 Å². The normalized spacial score (nSPS) is 17.1. The number of benzene rings is 1. The Hall–Kier alpha value is -2.91. The minimum absolute atomic E-state index is 0.0445. The average Bonchev–Trinajstić information content (AvgIpc) is 3.37. The molecule has 8 nitrogen and oxygen atoms in total. The first-order valence-corrected chi connectivity index (χ1v) is 11.6. The molecule has 0 spiro atoms. The summed E-state index contributed by atoms with van der Waals surface area (Å²) in [6.07, 6.45) is 2.16. The highest BCUT2D eigenvalue weighted by Gasteiger charge is 2.35. The Labute approximate surface area is 182 Å². The molecular weight excluding hydrogens is 414 g/mol. The third-order valence-corrected chi connectivity index (χ3v) is 7.70. The summed E-state index contributed by atoms with van der Waals surface area (Å²) in [7, 11) is -0.184. The molecule has 0 amide bonds. The highest BCUT2D eigenvalue weighted by Crippen LogP contribution is 2.32. The summed E-state index contributed by atoms with van der Waals surface area (Å²) in [6.45, 7) is 4.60. The lowest BCUT2D eigenvalue weighted by Gasteiger charge is -2.17. The SMILES string of the molecule is COc1ccc(Nc2cc(C)nc([C@@H]3CCN(S(=O)(=O)c4cnn(C)c4C)C3)c2)cc1. The number of methoxy groups -OCH3 is 1. The van der Waals surface area contributed by atoms with Crippen LogP contribution in [0, 0.1) is 13.8 Å². The molecule has 1 aliphatic rings. The molecule has 0 radical (unpaired) electrons. The molecule has 1 aromatic carbocycles. The number of anilines is 2. The van der Waals surface area contributed by atoms with E-state index in [0.29, 0.717) is 18.8 Å². The van der Waals surface area contributed by atoms with Crippen molar-refractivity contribution < 1.29 is 13.2 Å². The molecule has 0 saturated carbocycles. The van der Waals surface area contributed by atoms with E-state index in [-0.39, 0.29) is 10.8 Å². The summed E-state index contributed by atoms with van der Waals surface area (Å²) in [6, 6.07) is 11.7. The van der Waals surface area contributed by atoms with Gasteiger partial charge in [-0.15, -0.1) is 0 Å². The van der Waals surface area contributed by atoms with Crippen LogP contribution < -0.4 is 10.1 Å². The Morgan fingerprint density at radius 3 is 2.52 bits per heavy atom. The average molecular weight is 442 g/mol. The fraction of sp³-hybridized carbons (Fsp3) is 0.364. The van der Waals surface area contributed by atoms with Gasteiger partial charge in [0.25, 0.3) is 0 Å². The van der Waals surface area contributed by atoms with E-state index in [2.05, 4.69) is 10.4 Å². The van der Waals surface area contributed by atoms with Crippen LogP contribution in [0.3, 0.4) is 0 Å². The van der Waals surface area contributed by atoms with Gasteiger partial charge in [0.1, 0.15) is 10.6 Å². The number of hydrogen-bond acceptors (Lipinski definition) is 6. The first-order chi connectivity index (χ1) is 14.8. The summed E-state index contributed by atoms with van der Waals surface area (Å²) >= 11 is 0. The molecule has 0 unspecified atom stereocenters. The number of nitrogens with zero attached hydrogens (tertiary/aromatic N) is 4. The summed E-state index contributed by atoms with van der Waals surface area (Å²) in [5.74, 6) is 0.844. The minimum Gasteiger partial charge on any atom is -0.497 e. The van der Waals surface area contributed by atoms with Crippen molar-refractivity contribution in [3.8, 4) is 5.75 Å². The van der Waals surface area contributed by atoms with Crippen molar-refractivity contribution >= 4 is 21.4 Å². The zero-order valence-corrected chi connectivity index (χ0v) is 19.0. The molecule has 2 aromatic heterocycles. The van der Waals surface area contributed by atoms with Crippen LogP contribution in [-0.4, -0.2) is 47.7 Å². The van der Waals surface area contributed by atoms with Crippen molar-refractivity contribution in [3.63, 3.8) is 0 Å². The van der Waals surface area contributed by atoms with E-state index in [0.717, 1.165) is 34.9 Å². The van der Waals surface area contributed by atoms with Crippen molar-refractivity contribution in [2.45, 2.75) is 31.1 Å². The smallest absolute Gasteiger partial charge is 0.246 e. The number of ether oxygens (including phenoxy) is 1. The van der Waals surface area contributed by atoms with E-state index in [9.17, 15) is 8.42 Å². The first kappa shape index (κ1) is 21.3. The lowest BCUT2D eigenvalue weighted by molar-refractivity contribution is 0.415. The number of aromatic nitrogens is 3. The Morgan fingerprint density at radius 2 is 1.87 bits per heavy atom. The van der Waals surface area contributed by atoms with Crippen LogP contribution in [-0.2, 0) is 17.1 Å². The molecule has 1 atom stereocenters. The van der Waals surface area contributed by atoms with Crippen molar-refractivity contribution in [2.75, 3.05) is 25.5 Å². The van der Waals surface area contributed by atoms with Gasteiger partial charge < -0.3 is 10.1 Å². The molecule has 0 aliphatic carbocycles. The predicted octanol–water partition coefficient (Wildman–Crippen LogP) is 3.36. The Balaban J connectivity index is 1.53. The van der Waals surface area contributed by atoms with E-state index in [1.807, 2.05) is 43.3 Å². The van der Waals surface area contributed by atoms with Crippen LogP contribution in [0.2, 0.25) is 0 Å². The molecule has 3 aromatic rings. The van der Waals surface area contributed by atoms with Crippen LogP contribution in [0.25, 0.3) is 0 Å². The molecular formula is C22H27N5O3S. The standard InChI is InChI=1S/C22H27N5O3S/c1-15-11-19(25-18-5-7-20(30-4)8-6-18)12-21(24-15)17-9-10-27(14-17)31(28,29)22-13-23-26(3)16(22)2/h5-8,11-13,17H,9-10,14H2,1-4H3,(H,24,25)/t17-/m1/s1. The summed E-state index contributed by atoms with van der Waals surface area (Å²) in [4.78, 5) is 4.97. The van der Waals surface area contributed by atoms with Gasteiger partial charge in [0.05, 0.1) is 19.0 Å². The topological polar surface area (TPSA) is 89.3 Å². The van der Waals surface area contributed by atoms with Crippen LogP contribution >= 0.6 is 0 Å². The molecule has 3 heterocycles. The molecule has 1 aliphatic heterocycles. The number of hydrogen-bond donors (Lipinski definition) is 1. The predicted molar refractivity (Wildman–Crippen MR) is 119 cm³/mol. The van der Waals surface area contributed by atoms with Crippen molar-refractivity contribution in [1.82, 2.24) is 19.1 Å². The molecule has 4 rings (SSSR count). The quantitative estimate of drug-likeness (QED) is 0.631. The maximum Gasteiger partial charge on any atom is 0.246 e. The van der Waals surface area contributed by atoms with Gasteiger partial charge in [-0.3, -0.25) is 9.67 Å². The van der Waals surface area contributed by atoms with E-state index < -0.39 is 10.0 Å². The largest absolute Gasteiger partial charge is 0.497 e. The molecule has 9 heteroatoms. The Kier molecular flexibility index (Phi) is 5.72. The first-order valence-electron chi connectivity index (χ1n) is 10.2. The van der Waals surface area contributed by atoms with Gasteiger partial charge >= 0.3 is 0 Å². The highest BCUT2D eigenvalue weighted by molar-refractivity contribution is 7.89. The maximum atomic E-state index is 13.1. The number of pyridine rings is 1. The summed E-state index contributed by atoms with van der Waals surface area (Å²) in [5, 5.41) is 7.49. The van der Waals surface area contributed by atoms with Crippen LogP contribution in [0.15, 0.2) is 47.5 Å². The van der Waals surface area contributed by atoms with E-state index >= 15 is 0 Å². The number of rotatable bonds is 6. The molecule has 164 valence electrons. The van der Waals surface area contributed by atoms with Gasteiger partial charge in [0.15, 0.2) is 0 Å². The monoisotopic (exact) mass is 441 g/mol. The Bertz CT molecular complexity index is 1190. The van der Waals surface area contributed by atoms with Crippen LogP contribution in [0.1, 0.15) is 29.4 Å². The number of aryl methyl sites for hydroxylation is 2. The molecule has 31 heavy (non-hydrogen) atoms. The van der Waals surface area contributed by atoms with Crippen molar-refractivity contribution in [3.05, 3.63) is 59.7 Å². The lowest BCUT2D eigenvalue weighted by Crippen LogP contribution is -2.29. The van der Waals surface area contributed by atoms with E-state index in [1.54, 1.807) is 30.1 Å². The second-order valence-electron chi connectivity index (χ2n) is 7.84. The van der Waals surface area contributed by atoms with Gasteiger partial charge in [-0.1, -0.05) is 0 Å². The van der Waals surface area contributed by atoms with Gasteiger partial charge in [-0.2, -0.15) is 9.40 Å². The van der Waals surface area contributed by atoms with Crippen LogP contribution in [0.5, 0.6) is 5.75 Å². The minimum atomic E-state index is -3.57. The maximum absolute atomic E-state index is 13.1. The van der Waals surface area contributed by atoms with Crippen LogP contribution in [0.4, 0.5) is 11.4 Å². The summed E-state index contributed by atoms with van der Waals surface area (Å²) in [5.41, 5.74) is 4.30. The molecule has 1 saturated heterocycles. The summed E-state index contributed by atoms with van der Waals surface area (Å²) < 4.78 is 34.5. The highest BCUT2D eigenvalue weighted by atomic mass is 32.2. The Morgan fingerprint density at radius 1 is 1.13 bits per heavy atom. The number of nitrogens with one attached hydrogen (secondary N) is 1. The zero-order valence-electron chi connectivity index (χ0n) is 18.2. The van der Waals surface area contributed by atoms with E-state index in [1.165, 1.54) is 6.20 Å². The van der Waals surface area contributed by atoms with Gasteiger partial charge in [-0.05, 0) is 56.7 Å². The second kappa shape index (κ2) is 8.32. The third-order valence-electron chi connectivity index (χ3n) is 5.73. The van der Waals surface area contributed by atoms with Gasteiger partial charge in [0, 0.05) is 48.8 Å². The fourth-order valence-electron chi connectivity index (χ4n) is 3.88. The molecule has 1 N–H and O–H groups in total. The van der Waals surface area contributed by atoms with Crippen molar-refractivity contribution in [2.24, 2.45) is 7.05 Å². The second-order valence-corrected chi connectivity index (χ2v) is 9.75. The lowest BCUT2D eigenvalue weighted by atomic mass is 10.0. The molecule has 1 fully saturated rings.